The van der Waals surface area contributed by atoms with E-state index in [1.807, 2.05) is 19.0 Å². The van der Waals surface area contributed by atoms with Crippen LogP contribution in [-0.2, 0) is 0 Å². The molecule has 0 radical (unpaired) electrons. The normalized spacial score (nSPS) is 15.1. The van der Waals surface area contributed by atoms with E-state index in [0.717, 1.165) is 37.2 Å². The second kappa shape index (κ2) is 9.24. The molecular formula is C21H25ClN4O3. The summed E-state index contributed by atoms with van der Waals surface area (Å²) in [6, 6.07) is 12.5. The predicted octanol–water partition coefficient (Wildman–Crippen LogP) is 3.88. The van der Waals surface area contributed by atoms with Gasteiger partial charge in [-0.05, 0) is 55.8 Å². The Labute approximate surface area is 175 Å². The summed E-state index contributed by atoms with van der Waals surface area (Å²) in [5, 5.41) is 14.0. The van der Waals surface area contributed by atoms with Gasteiger partial charge >= 0.3 is 0 Å². The van der Waals surface area contributed by atoms with Gasteiger partial charge in [-0.15, -0.1) is 0 Å². The monoisotopic (exact) mass is 416 g/mol. The number of amides is 1. The number of nitro benzene ring substituents is 1. The molecule has 3 rings (SSSR count). The van der Waals surface area contributed by atoms with Crippen molar-refractivity contribution in [2.75, 3.05) is 38.6 Å². The van der Waals surface area contributed by atoms with Gasteiger partial charge in [0.15, 0.2) is 0 Å². The number of carbonyl (C=O) groups is 1. The zero-order chi connectivity index (χ0) is 21.0. The van der Waals surface area contributed by atoms with E-state index in [4.69, 9.17) is 11.6 Å². The summed E-state index contributed by atoms with van der Waals surface area (Å²) in [7, 11) is 4.00. The summed E-state index contributed by atoms with van der Waals surface area (Å²) in [4.78, 5) is 27.5. The minimum Gasteiger partial charge on any atom is -0.378 e. The van der Waals surface area contributed by atoms with E-state index >= 15 is 0 Å². The number of carbonyl (C=O) groups excluding carboxylic acids is 1. The van der Waals surface area contributed by atoms with Crippen LogP contribution in [0.25, 0.3) is 0 Å². The van der Waals surface area contributed by atoms with E-state index < -0.39 is 4.92 Å². The number of rotatable bonds is 7. The summed E-state index contributed by atoms with van der Waals surface area (Å²) in [6.45, 7) is 2.40. The smallest absolute Gasteiger partial charge is 0.288 e. The standard InChI is InChI=1S/C21H25ClN4O3/c1-24(2)17-8-5-15(6-9-17)20(25-11-3-4-12-25)14-23-21(27)16-7-10-18(22)19(13-16)26(28)29/h5-10,13,20H,3-4,11-12,14H2,1-2H3,(H,23,27)/t20-/m0/s1. The SMILES string of the molecule is CN(C)c1ccc([C@H](CNC(=O)c2ccc(Cl)c([N+](=O)[O-])c2)N2CCCC2)cc1. The van der Waals surface area contributed by atoms with E-state index in [1.54, 1.807) is 0 Å². The predicted molar refractivity (Wildman–Crippen MR) is 115 cm³/mol. The number of halogens is 1. The van der Waals surface area contributed by atoms with E-state index in [1.165, 1.54) is 18.2 Å². The highest BCUT2D eigenvalue weighted by Crippen LogP contribution is 2.27. The van der Waals surface area contributed by atoms with Crippen LogP contribution >= 0.6 is 11.6 Å². The van der Waals surface area contributed by atoms with Crippen LogP contribution in [0, 0.1) is 10.1 Å². The summed E-state index contributed by atoms with van der Waals surface area (Å²) < 4.78 is 0. The lowest BCUT2D eigenvalue weighted by atomic mass is 10.0. The molecule has 0 saturated carbocycles. The van der Waals surface area contributed by atoms with Crippen molar-refractivity contribution in [2.45, 2.75) is 18.9 Å². The topological polar surface area (TPSA) is 78.7 Å². The third kappa shape index (κ3) is 5.05. The van der Waals surface area contributed by atoms with Crippen LogP contribution in [0.2, 0.25) is 5.02 Å². The molecule has 29 heavy (non-hydrogen) atoms. The first-order valence-electron chi connectivity index (χ1n) is 9.60. The van der Waals surface area contributed by atoms with E-state index in [-0.39, 0.29) is 28.2 Å². The molecule has 2 aromatic rings. The minimum absolute atomic E-state index is 0.0162. The molecule has 1 atom stereocenters. The minimum atomic E-state index is -0.585. The first-order chi connectivity index (χ1) is 13.9. The van der Waals surface area contributed by atoms with Gasteiger partial charge in [-0.1, -0.05) is 23.7 Å². The number of nitrogens with zero attached hydrogens (tertiary/aromatic N) is 3. The molecule has 1 saturated heterocycles. The summed E-state index contributed by atoms with van der Waals surface area (Å²) in [5.41, 5.74) is 2.21. The van der Waals surface area contributed by atoms with Crippen LogP contribution in [0.1, 0.15) is 34.8 Å². The summed E-state index contributed by atoms with van der Waals surface area (Å²) >= 11 is 5.84. The van der Waals surface area contributed by atoms with Crippen molar-refractivity contribution in [1.82, 2.24) is 10.2 Å². The number of benzene rings is 2. The number of likely N-dealkylation sites (tertiary alicyclic amines) is 1. The third-order valence-electron chi connectivity index (χ3n) is 5.24. The largest absolute Gasteiger partial charge is 0.378 e. The Kier molecular flexibility index (Phi) is 6.71. The zero-order valence-electron chi connectivity index (χ0n) is 16.6. The molecule has 154 valence electrons. The maximum Gasteiger partial charge on any atom is 0.288 e. The first-order valence-corrected chi connectivity index (χ1v) is 9.98. The number of nitrogens with one attached hydrogen (secondary N) is 1. The second-order valence-corrected chi connectivity index (χ2v) is 7.79. The fraction of sp³-hybridized carbons (Fsp3) is 0.381. The Balaban J connectivity index is 1.75. The zero-order valence-corrected chi connectivity index (χ0v) is 17.4. The average molecular weight is 417 g/mol. The molecule has 0 aliphatic carbocycles. The highest BCUT2D eigenvalue weighted by atomic mass is 35.5. The van der Waals surface area contributed by atoms with E-state index in [0.29, 0.717) is 6.54 Å². The van der Waals surface area contributed by atoms with Crippen molar-refractivity contribution in [3.8, 4) is 0 Å². The number of hydrogen-bond donors (Lipinski definition) is 1. The molecule has 0 unspecified atom stereocenters. The third-order valence-corrected chi connectivity index (χ3v) is 5.56. The van der Waals surface area contributed by atoms with Crippen molar-refractivity contribution >= 4 is 28.9 Å². The molecule has 1 fully saturated rings. The quantitative estimate of drug-likeness (QED) is 0.547. The molecule has 8 heteroatoms. The number of nitro groups is 1. The van der Waals surface area contributed by atoms with Gasteiger partial charge < -0.3 is 10.2 Å². The molecule has 2 aromatic carbocycles. The maximum atomic E-state index is 12.6. The Hall–Kier alpha value is -2.64. The lowest BCUT2D eigenvalue weighted by Gasteiger charge is -2.28. The van der Waals surface area contributed by atoms with Crippen LogP contribution in [0.4, 0.5) is 11.4 Å². The van der Waals surface area contributed by atoms with Crippen molar-refractivity contribution in [1.29, 1.82) is 0 Å². The Morgan fingerprint density at radius 3 is 2.45 bits per heavy atom. The highest BCUT2D eigenvalue weighted by molar-refractivity contribution is 6.32. The molecule has 0 spiro atoms. The van der Waals surface area contributed by atoms with Gasteiger partial charge in [0.2, 0.25) is 0 Å². The van der Waals surface area contributed by atoms with Crippen LogP contribution in [-0.4, -0.2) is 49.5 Å². The molecule has 1 N–H and O–H groups in total. The first kappa shape index (κ1) is 21.1. The Morgan fingerprint density at radius 1 is 1.21 bits per heavy atom. The summed E-state index contributed by atoms with van der Waals surface area (Å²) in [6.07, 6.45) is 2.28. The lowest BCUT2D eigenvalue weighted by molar-refractivity contribution is -0.384. The van der Waals surface area contributed by atoms with Gasteiger partial charge in [-0.25, -0.2) is 0 Å². The molecule has 0 aromatic heterocycles. The van der Waals surface area contributed by atoms with Gasteiger partial charge in [-0.3, -0.25) is 19.8 Å². The molecule has 7 nitrogen and oxygen atoms in total. The average Bonchev–Trinajstić information content (AvgIpc) is 3.23. The Morgan fingerprint density at radius 2 is 1.86 bits per heavy atom. The van der Waals surface area contributed by atoms with Gasteiger partial charge in [-0.2, -0.15) is 0 Å². The van der Waals surface area contributed by atoms with Crippen LogP contribution in [0.3, 0.4) is 0 Å². The Bertz CT molecular complexity index is 880. The fourth-order valence-corrected chi connectivity index (χ4v) is 3.78. The molecule has 1 aliphatic heterocycles. The van der Waals surface area contributed by atoms with Gasteiger partial charge in [0.25, 0.3) is 11.6 Å². The summed E-state index contributed by atoms with van der Waals surface area (Å²) in [5.74, 6) is -0.348. The molecule has 1 aliphatic rings. The number of anilines is 1. The van der Waals surface area contributed by atoms with Gasteiger partial charge in [0.05, 0.1) is 11.0 Å². The van der Waals surface area contributed by atoms with Crippen molar-refractivity contribution < 1.29 is 9.72 Å². The van der Waals surface area contributed by atoms with Crippen molar-refractivity contribution in [3.63, 3.8) is 0 Å². The van der Waals surface area contributed by atoms with E-state index in [2.05, 4.69) is 34.5 Å². The maximum absolute atomic E-state index is 12.6. The van der Waals surface area contributed by atoms with Crippen LogP contribution < -0.4 is 10.2 Å². The molecule has 0 bridgehead atoms. The molecule has 1 heterocycles. The van der Waals surface area contributed by atoms with Gasteiger partial charge in [0, 0.05) is 38.0 Å². The molecule has 1 amide bonds. The highest BCUT2D eigenvalue weighted by Gasteiger charge is 2.25. The second-order valence-electron chi connectivity index (χ2n) is 7.38. The van der Waals surface area contributed by atoms with Crippen LogP contribution in [0.5, 0.6) is 0 Å². The van der Waals surface area contributed by atoms with E-state index in [9.17, 15) is 14.9 Å². The number of hydrogen-bond acceptors (Lipinski definition) is 5. The molecular weight excluding hydrogens is 392 g/mol. The fourth-order valence-electron chi connectivity index (χ4n) is 3.59. The lowest BCUT2D eigenvalue weighted by Crippen LogP contribution is -2.36. The van der Waals surface area contributed by atoms with Gasteiger partial charge in [0.1, 0.15) is 5.02 Å². The van der Waals surface area contributed by atoms with Crippen molar-refractivity contribution in [3.05, 3.63) is 68.7 Å². The van der Waals surface area contributed by atoms with Crippen LogP contribution in [0.15, 0.2) is 42.5 Å². The van der Waals surface area contributed by atoms with Crippen molar-refractivity contribution in [2.24, 2.45) is 0 Å².